The number of thioether (sulfide) groups is 1. The Morgan fingerprint density at radius 1 is 0.606 bits per heavy atom. The lowest BCUT2D eigenvalue weighted by Crippen LogP contribution is -2.62. The molecular weight excluding hydrogens is 1370 g/mol. The predicted octanol–water partition coefficient (Wildman–Crippen LogP) is 9.46. The van der Waals surface area contributed by atoms with E-state index in [0.717, 1.165) is 44.5 Å². The van der Waals surface area contributed by atoms with Crippen LogP contribution in [0.2, 0.25) is 0 Å². The van der Waals surface area contributed by atoms with Crippen LogP contribution in [0.15, 0.2) is 144 Å². The molecule has 8 rings (SSSR count). The van der Waals surface area contributed by atoms with E-state index in [2.05, 4.69) is 41.9 Å². The topological polar surface area (TPSA) is 351 Å². The molecule has 0 saturated carbocycles. The number of aliphatic hydroxyl groups is 1. The number of carbonyl (C=O) groups is 7. The van der Waals surface area contributed by atoms with Crippen molar-refractivity contribution in [1.29, 1.82) is 5.41 Å². The van der Waals surface area contributed by atoms with E-state index in [1.807, 2.05) is 153 Å². The Hall–Kier alpha value is -9.50. The van der Waals surface area contributed by atoms with Gasteiger partial charge < -0.3 is 66.4 Å². The number of guanidine groups is 1. The summed E-state index contributed by atoms with van der Waals surface area (Å²) in [5.74, 6) is -5.79. The van der Waals surface area contributed by atoms with Gasteiger partial charge in [0.25, 0.3) is 10.0 Å². The number of carbonyl (C=O) groups excluding carboxylic acids is 6. The number of fused-ring (bicyclic) bond motifs is 4. The first-order chi connectivity index (χ1) is 49.1. The number of nitrogens with one attached hydrogen (secondary N) is 9. The van der Waals surface area contributed by atoms with Crippen LogP contribution in [0.4, 0.5) is 9.59 Å². The third-order valence-electron chi connectivity index (χ3n) is 18.0. The van der Waals surface area contributed by atoms with Gasteiger partial charge in [0, 0.05) is 36.7 Å². The lowest BCUT2D eigenvalue weighted by atomic mass is 9.84. The fourth-order valence-corrected chi connectivity index (χ4v) is 16.2. The van der Waals surface area contributed by atoms with Crippen molar-refractivity contribution in [3.63, 3.8) is 0 Å². The number of benzene rings is 6. The number of carboxylic acids is 1. The Balaban J connectivity index is 1.13. The van der Waals surface area contributed by atoms with E-state index in [1.54, 1.807) is 62.3 Å². The largest absolute Gasteiger partial charge is 0.487 e. The van der Waals surface area contributed by atoms with Crippen molar-refractivity contribution in [3.05, 3.63) is 190 Å². The molecule has 24 nitrogen and oxygen atoms in total. The van der Waals surface area contributed by atoms with Crippen molar-refractivity contribution in [2.45, 2.75) is 190 Å². The van der Waals surface area contributed by atoms with E-state index in [9.17, 15) is 37.8 Å². The maximum Gasteiger partial charge on any atom is 0.407 e. The Bertz CT molecular complexity index is 4030. The molecule has 0 radical (unpaired) electrons. The summed E-state index contributed by atoms with van der Waals surface area (Å²) in [7, 11) is -4.35. The Morgan fingerprint density at radius 3 is 1.62 bits per heavy atom. The number of carboxylic acid groups (broad SMARTS) is 1. The van der Waals surface area contributed by atoms with Gasteiger partial charge in [0.15, 0.2) is 0 Å². The van der Waals surface area contributed by atoms with Gasteiger partial charge in [0.2, 0.25) is 29.6 Å². The summed E-state index contributed by atoms with van der Waals surface area (Å²) < 4.78 is 53.7. The molecule has 1 aliphatic heterocycles. The van der Waals surface area contributed by atoms with Crippen LogP contribution >= 0.6 is 11.8 Å². The van der Waals surface area contributed by atoms with Gasteiger partial charge in [-0.2, -0.15) is 0 Å². The number of ether oxygens (including phenoxy) is 4. The van der Waals surface area contributed by atoms with Gasteiger partial charge in [-0.3, -0.25) is 24.6 Å². The van der Waals surface area contributed by atoms with E-state index in [1.165, 1.54) is 18.7 Å². The van der Waals surface area contributed by atoms with E-state index < -0.39 is 122 Å². The lowest BCUT2D eigenvalue weighted by molar-refractivity contribution is -0.144. The number of rotatable bonds is 32. The second kappa shape index (κ2) is 34.9. The summed E-state index contributed by atoms with van der Waals surface area (Å²) in [6, 6.07) is 36.3. The van der Waals surface area contributed by atoms with Gasteiger partial charge in [-0.15, -0.1) is 11.8 Å². The van der Waals surface area contributed by atoms with Crippen LogP contribution in [0.5, 0.6) is 5.75 Å². The van der Waals surface area contributed by atoms with Gasteiger partial charge >= 0.3 is 18.2 Å². The second-order valence-corrected chi connectivity index (χ2v) is 31.6. The van der Waals surface area contributed by atoms with Gasteiger partial charge in [-0.05, 0) is 171 Å². The number of hydrogen-bond donors (Lipinski definition) is 11. The van der Waals surface area contributed by atoms with Crippen molar-refractivity contribution in [3.8, 4) is 16.9 Å². The molecule has 2 aliphatic rings. The maximum absolute atomic E-state index is 15.8. The normalized spacial score (nSPS) is 14.9. The molecular formula is C78H99N9O15S2. The molecule has 0 aromatic heterocycles. The van der Waals surface area contributed by atoms with Gasteiger partial charge in [0.05, 0.1) is 28.0 Å². The molecule has 26 heteroatoms. The van der Waals surface area contributed by atoms with E-state index in [-0.39, 0.29) is 68.4 Å². The molecule has 11 N–H and O–H groups in total. The molecule has 6 atom stereocenters. The number of hydrogen-bond acceptors (Lipinski definition) is 16. The second-order valence-electron chi connectivity index (χ2n) is 28.8. The van der Waals surface area contributed by atoms with Crippen LogP contribution in [0.3, 0.4) is 0 Å². The minimum atomic E-state index is -4.35. The van der Waals surface area contributed by atoms with Gasteiger partial charge in [0.1, 0.15) is 53.8 Å². The highest BCUT2D eigenvalue weighted by Crippen LogP contribution is 2.49. The summed E-state index contributed by atoms with van der Waals surface area (Å²) in [5.41, 5.74) is 6.35. The Morgan fingerprint density at radius 2 is 1.10 bits per heavy atom. The zero-order chi connectivity index (χ0) is 75.9. The van der Waals surface area contributed by atoms with E-state index in [0.29, 0.717) is 28.9 Å². The molecule has 6 amide bonds. The first-order valence-electron chi connectivity index (χ1n) is 34.9. The smallest absolute Gasteiger partial charge is 0.407 e. The molecule has 0 spiro atoms. The van der Waals surface area contributed by atoms with Crippen molar-refractivity contribution < 1.29 is 71.1 Å². The molecule has 1 heterocycles. The number of unbranched alkanes of at least 4 members (excludes halogenated alkanes) is 1. The van der Waals surface area contributed by atoms with E-state index >= 15 is 14.4 Å². The third-order valence-corrected chi connectivity index (χ3v) is 21.2. The van der Waals surface area contributed by atoms with Crippen LogP contribution in [-0.2, 0) is 59.4 Å². The third kappa shape index (κ3) is 20.7. The quantitative estimate of drug-likeness (QED) is 0.00810. The Labute approximate surface area is 613 Å². The highest BCUT2D eigenvalue weighted by Gasteiger charge is 2.43. The fourth-order valence-electron chi connectivity index (χ4n) is 13.1. The van der Waals surface area contributed by atoms with Gasteiger partial charge in [-0.1, -0.05) is 140 Å². The molecule has 0 fully saturated rings. The average Bonchev–Trinajstić information content (AvgIpc) is 1.09. The van der Waals surface area contributed by atoms with Crippen molar-refractivity contribution in [2.75, 3.05) is 32.1 Å². The van der Waals surface area contributed by atoms with Crippen LogP contribution in [-0.4, -0.2) is 152 Å². The summed E-state index contributed by atoms with van der Waals surface area (Å²) in [6.07, 6.45) is -2.19. The average molecular weight is 1470 g/mol. The highest BCUT2D eigenvalue weighted by atomic mass is 32.2. The molecule has 1 aliphatic carbocycles. The van der Waals surface area contributed by atoms with Crippen molar-refractivity contribution in [1.82, 2.24) is 41.9 Å². The number of aliphatic hydroxyl groups excluding tert-OH is 1. The molecule has 558 valence electrons. The molecule has 0 unspecified atom stereocenters. The molecule has 104 heavy (non-hydrogen) atoms. The van der Waals surface area contributed by atoms with Crippen LogP contribution < -0.4 is 46.7 Å². The standard InChI is InChI=1S/C78H99N9O15S2/c1-47-48(2)66(49(3)58-43-77(11,12)101-65(47)58)104(97,98)87-72(79)80-42-28-40-61(85-74(96)99-45-59-56-37-24-22-35-54(56)55-36-23-25-38-57(55)59)68(90)84-63(46-103-78(51-29-16-13-17-30-51,52-31-18-14-19-32-52)53-33-20-15-21-34-53)69(91)86-64(50(4)100-75(5,6)7)70(92)82-60(67(89)83-62(44-88)71(93)94)39-26-27-41-81-73(95)102-76(8,9)10/h13-25,29-38,50,59-64,88H,26-28,39-46H2,1-12H3,(H,81,95)(H,82,92)(H,83,89)(H,84,90)(H,85,96)(H,86,91)(H,93,94)(H3,79,80,87)/t50-,60+,61+,62+,63+,64+/m1/s1. The number of aliphatic carboxylic acids is 1. The monoisotopic (exact) mass is 1470 g/mol. The minimum absolute atomic E-state index is 0.0173. The SMILES string of the molecule is Cc1c(C)c(S(=O)(=O)NC(=N)NCCC[C@H](NC(=O)OCC2c3ccccc3-c3ccccc32)C(=O)N[C@@H](CSC(c2ccccc2)(c2ccccc2)c2ccccc2)C(=O)N[C@H](C(=O)N[C@@H](CCCCNC(=O)OC(C)(C)C)C(=O)N[C@@H](CO)C(=O)O)[C@@H](C)OC(C)(C)C)c(C)c2c1OC(C)(C)C2. The summed E-state index contributed by atoms with van der Waals surface area (Å²) >= 11 is 1.30. The molecule has 6 aromatic rings. The fraction of sp³-hybridized carbons (Fsp3) is 0.436. The zero-order valence-electron chi connectivity index (χ0n) is 61.1. The zero-order valence-corrected chi connectivity index (χ0v) is 62.7. The molecule has 0 bridgehead atoms. The van der Waals surface area contributed by atoms with Gasteiger partial charge in [-0.25, -0.2) is 27.5 Å². The number of sulfonamides is 1. The van der Waals surface area contributed by atoms with E-state index in [4.69, 9.17) is 24.4 Å². The van der Waals surface area contributed by atoms with Crippen LogP contribution in [0.25, 0.3) is 11.1 Å². The maximum atomic E-state index is 15.8. The molecule has 6 aromatic carbocycles. The summed E-state index contributed by atoms with van der Waals surface area (Å²) in [5, 5.41) is 47.7. The van der Waals surface area contributed by atoms with Crippen LogP contribution in [0.1, 0.15) is 150 Å². The minimum Gasteiger partial charge on any atom is -0.487 e. The van der Waals surface area contributed by atoms with Crippen molar-refractivity contribution >= 4 is 69.5 Å². The number of alkyl carbamates (subject to hydrolysis) is 2. The first-order valence-corrected chi connectivity index (χ1v) is 37.4. The molecule has 0 saturated heterocycles. The first kappa shape index (κ1) is 80.2. The van der Waals surface area contributed by atoms with Crippen LogP contribution in [0, 0.1) is 26.2 Å². The lowest BCUT2D eigenvalue weighted by Gasteiger charge is -2.37. The van der Waals surface area contributed by atoms with Crippen molar-refractivity contribution in [2.24, 2.45) is 0 Å². The predicted molar refractivity (Wildman–Crippen MR) is 399 cm³/mol. The summed E-state index contributed by atoms with van der Waals surface area (Å²) in [4.78, 5) is 99.8. The number of amides is 6. The highest BCUT2D eigenvalue weighted by molar-refractivity contribution is 8.00. The summed E-state index contributed by atoms with van der Waals surface area (Å²) in [6.45, 7) is 19.8. The Kier molecular flexibility index (Phi) is 26.9.